The van der Waals surface area contributed by atoms with Gasteiger partial charge in [0, 0.05) is 5.56 Å². The van der Waals surface area contributed by atoms with Crippen LogP contribution in [0.1, 0.15) is 12.6 Å². The molecule has 2 aromatic carbocycles. The topological polar surface area (TPSA) is 80.7 Å². The van der Waals surface area contributed by atoms with Gasteiger partial charge >= 0.3 is 5.95 Å². The summed E-state index contributed by atoms with van der Waals surface area (Å²) in [5, 5.41) is 10.5. The highest BCUT2D eigenvalue weighted by atomic mass is 32.1. The summed E-state index contributed by atoms with van der Waals surface area (Å²) in [5.41, 5.74) is 1.89. The third-order valence-corrected chi connectivity index (χ3v) is 4.54. The number of aromatic hydroxyl groups is 1. The van der Waals surface area contributed by atoms with E-state index in [1.54, 1.807) is 0 Å². The van der Waals surface area contributed by atoms with E-state index in [9.17, 15) is 5.11 Å². The second-order valence-corrected chi connectivity index (χ2v) is 6.40. The molecule has 0 saturated carbocycles. The van der Waals surface area contributed by atoms with Crippen LogP contribution in [0.2, 0.25) is 0 Å². The van der Waals surface area contributed by atoms with Gasteiger partial charge in [-0.1, -0.05) is 29.5 Å². The Morgan fingerprint density at radius 1 is 1.19 bits per heavy atom. The lowest BCUT2D eigenvalue weighted by molar-refractivity contribution is 0.337. The first-order chi connectivity index (χ1) is 12.7. The van der Waals surface area contributed by atoms with E-state index < -0.39 is 0 Å². The van der Waals surface area contributed by atoms with Crippen LogP contribution in [0.4, 0.5) is 5.13 Å². The van der Waals surface area contributed by atoms with Crippen LogP contribution in [-0.4, -0.2) is 27.9 Å². The molecule has 6 nitrogen and oxygen atoms in total. The number of aromatic nitrogens is 2. The Morgan fingerprint density at radius 3 is 2.85 bits per heavy atom. The molecule has 4 aromatic rings. The standard InChI is InChI=1S/C19H15N3O3S/c1-2-24-13-8-9-14-16(10-13)26-19(22-14)20-11-15-18(23)25-17(21-15)12-6-4-3-5-7-12/h3-11,23H,2H2,1H3. The maximum Gasteiger partial charge on any atom is 0.312 e. The van der Waals surface area contributed by atoms with Gasteiger partial charge in [-0.3, -0.25) is 0 Å². The number of nitrogens with zero attached hydrogens (tertiary/aromatic N) is 3. The SMILES string of the molecule is CCOc1ccc2nc(N=Cc3nc(-c4ccccc4)oc3O)sc2c1. The minimum absolute atomic E-state index is 0.262. The van der Waals surface area contributed by atoms with E-state index >= 15 is 0 Å². The van der Waals surface area contributed by atoms with Crippen molar-refractivity contribution in [3.8, 4) is 23.1 Å². The van der Waals surface area contributed by atoms with Crippen LogP contribution in [-0.2, 0) is 0 Å². The fourth-order valence-electron chi connectivity index (χ4n) is 2.43. The van der Waals surface area contributed by atoms with Gasteiger partial charge in [-0.05, 0) is 37.3 Å². The summed E-state index contributed by atoms with van der Waals surface area (Å²) >= 11 is 1.44. The molecule has 0 bridgehead atoms. The number of thiazole rings is 1. The molecule has 0 saturated heterocycles. The van der Waals surface area contributed by atoms with Crippen molar-refractivity contribution in [2.75, 3.05) is 6.61 Å². The van der Waals surface area contributed by atoms with E-state index in [4.69, 9.17) is 9.15 Å². The highest BCUT2D eigenvalue weighted by molar-refractivity contribution is 7.22. The van der Waals surface area contributed by atoms with E-state index in [2.05, 4.69) is 15.0 Å². The van der Waals surface area contributed by atoms with E-state index in [1.807, 2.05) is 55.5 Å². The lowest BCUT2D eigenvalue weighted by Gasteiger charge is -2.00. The zero-order valence-corrected chi connectivity index (χ0v) is 14.7. The van der Waals surface area contributed by atoms with Gasteiger partial charge in [0.15, 0.2) is 5.69 Å². The molecule has 2 heterocycles. The molecule has 0 aliphatic rings. The van der Waals surface area contributed by atoms with Crippen LogP contribution >= 0.6 is 11.3 Å². The average Bonchev–Trinajstić information content (AvgIpc) is 3.23. The molecule has 26 heavy (non-hydrogen) atoms. The molecule has 2 aromatic heterocycles. The first kappa shape index (κ1) is 16.3. The number of hydrogen-bond donors (Lipinski definition) is 1. The molecule has 130 valence electrons. The summed E-state index contributed by atoms with van der Waals surface area (Å²) in [4.78, 5) is 13.0. The first-order valence-electron chi connectivity index (χ1n) is 8.05. The smallest absolute Gasteiger partial charge is 0.312 e. The number of fused-ring (bicyclic) bond motifs is 1. The number of ether oxygens (including phenoxy) is 1. The number of hydrogen-bond acceptors (Lipinski definition) is 7. The molecule has 0 spiro atoms. The van der Waals surface area contributed by atoms with Crippen LogP contribution in [0, 0.1) is 0 Å². The van der Waals surface area contributed by atoms with Crippen molar-refractivity contribution in [3.05, 3.63) is 54.2 Å². The normalized spacial score (nSPS) is 11.4. The van der Waals surface area contributed by atoms with Crippen molar-refractivity contribution in [1.82, 2.24) is 9.97 Å². The summed E-state index contributed by atoms with van der Waals surface area (Å²) in [7, 11) is 0. The van der Waals surface area contributed by atoms with Gasteiger partial charge < -0.3 is 14.3 Å². The van der Waals surface area contributed by atoms with Crippen LogP contribution in [0.5, 0.6) is 11.7 Å². The molecule has 0 aliphatic carbocycles. The fourth-order valence-corrected chi connectivity index (χ4v) is 3.27. The molecule has 4 rings (SSSR count). The third-order valence-electron chi connectivity index (χ3n) is 3.61. The van der Waals surface area contributed by atoms with E-state index in [1.165, 1.54) is 17.6 Å². The number of benzene rings is 2. The lowest BCUT2D eigenvalue weighted by atomic mass is 10.2. The zero-order chi connectivity index (χ0) is 17.9. The van der Waals surface area contributed by atoms with Crippen molar-refractivity contribution in [2.24, 2.45) is 4.99 Å². The second kappa shape index (κ2) is 6.97. The van der Waals surface area contributed by atoms with Gasteiger partial charge in [-0.2, -0.15) is 0 Å². The Kier molecular flexibility index (Phi) is 4.37. The molecule has 0 fully saturated rings. The Hall–Kier alpha value is -3.19. The highest BCUT2D eigenvalue weighted by Gasteiger charge is 2.12. The van der Waals surface area contributed by atoms with Gasteiger partial charge in [0.1, 0.15) is 5.75 Å². The van der Waals surface area contributed by atoms with Crippen LogP contribution in [0.25, 0.3) is 21.7 Å². The molecule has 1 N–H and O–H groups in total. The van der Waals surface area contributed by atoms with Crippen LogP contribution < -0.4 is 4.74 Å². The zero-order valence-electron chi connectivity index (χ0n) is 13.9. The third kappa shape index (κ3) is 3.29. The van der Waals surface area contributed by atoms with E-state index in [0.29, 0.717) is 17.6 Å². The Bertz CT molecular complexity index is 1070. The number of rotatable bonds is 5. The van der Waals surface area contributed by atoms with Crippen LogP contribution in [0.3, 0.4) is 0 Å². The predicted molar refractivity (Wildman–Crippen MR) is 102 cm³/mol. The van der Waals surface area contributed by atoms with E-state index in [-0.39, 0.29) is 11.6 Å². The quantitative estimate of drug-likeness (QED) is 0.514. The van der Waals surface area contributed by atoms with Gasteiger partial charge in [-0.25, -0.2) is 15.0 Å². The molecule has 0 atom stereocenters. The monoisotopic (exact) mass is 365 g/mol. The van der Waals surface area contributed by atoms with E-state index in [0.717, 1.165) is 21.5 Å². The van der Waals surface area contributed by atoms with Crippen molar-refractivity contribution in [1.29, 1.82) is 0 Å². The van der Waals surface area contributed by atoms with Crippen molar-refractivity contribution in [2.45, 2.75) is 6.92 Å². The van der Waals surface area contributed by atoms with Crippen molar-refractivity contribution in [3.63, 3.8) is 0 Å². The van der Waals surface area contributed by atoms with Gasteiger partial charge in [0.25, 0.3) is 0 Å². The summed E-state index contributed by atoms with van der Waals surface area (Å²) in [5.74, 6) is 0.878. The van der Waals surface area contributed by atoms with Crippen molar-refractivity contribution >= 4 is 32.9 Å². The second-order valence-electron chi connectivity index (χ2n) is 5.39. The first-order valence-corrected chi connectivity index (χ1v) is 8.87. The maximum absolute atomic E-state index is 9.95. The minimum Gasteiger partial charge on any atom is -0.494 e. The summed E-state index contributed by atoms with van der Waals surface area (Å²) in [6.45, 7) is 2.56. The number of aliphatic imine (C=N–C) groups is 1. The molecular formula is C19H15N3O3S. The molecule has 0 aliphatic heterocycles. The Labute approximate surface area is 153 Å². The van der Waals surface area contributed by atoms with Crippen molar-refractivity contribution < 1.29 is 14.3 Å². The molecule has 0 amide bonds. The minimum atomic E-state index is -0.271. The van der Waals surface area contributed by atoms with Crippen LogP contribution in [0.15, 0.2) is 57.9 Å². The average molecular weight is 365 g/mol. The summed E-state index contributed by atoms with van der Waals surface area (Å²) in [6, 6.07) is 15.1. The Morgan fingerprint density at radius 2 is 2.04 bits per heavy atom. The molecule has 0 unspecified atom stereocenters. The molecule has 7 heteroatoms. The molecule has 0 radical (unpaired) electrons. The highest BCUT2D eigenvalue weighted by Crippen LogP contribution is 2.31. The molecular weight excluding hydrogens is 350 g/mol. The Balaban J connectivity index is 1.60. The predicted octanol–water partition coefficient (Wildman–Crippen LogP) is 4.81. The van der Waals surface area contributed by atoms with Gasteiger partial charge in [0.05, 0.1) is 23.0 Å². The number of oxazole rings is 1. The lowest BCUT2D eigenvalue weighted by Crippen LogP contribution is -1.89. The largest absolute Gasteiger partial charge is 0.494 e. The fraction of sp³-hybridized carbons (Fsp3) is 0.105. The summed E-state index contributed by atoms with van der Waals surface area (Å²) < 4.78 is 11.8. The van der Waals surface area contributed by atoms with Gasteiger partial charge in [0.2, 0.25) is 11.0 Å². The maximum atomic E-state index is 9.95. The van der Waals surface area contributed by atoms with Gasteiger partial charge in [-0.15, -0.1) is 0 Å². The summed E-state index contributed by atoms with van der Waals surface area (Å²) in [6.07, 6.45) is 1.45.